The first-order chi connectivity index (χ1) is 27.2. The maximum absolute atomic E-state index is 5.37. The van der Waals surface area contributed by atoms with Crippen molar-refractivity contribution in [3.8, 4) is 45.3 Å². The van der Waals surface area contributed by atoms with Crippen molar-refractivity contribution in [1.82, 2.24) is 24.9 Å². The molecule has 0 aliphatic rings. The average molecular weight is 718 g/mol. The van der Waals surface area contributed by atoms with E-state index in [1.54, 1.807) is 11.3 Å². The molecule has 0 N–H and O–H groups in total. The second-order valence-corrected chi connectivity index (χ2v) is 15.1. The fourth-order valence-corrected chi connectivity index (χ4v) is 9.36. The van der Waals surface area contributed by atoms with E-state index in [2.05, 4.69) is 121 Å². The van der Waals surface area contributed by atoms with E-state index in [4.69, 9.17) is 24.9 Å². The minimum atomic E-state index is 0.646. The smallest absolute Gasteiger partial charge is 0.162 e. The van der Waals surface area contributed by atoms with Gasteiger partial charge >= 0.3 is 0 Å². The Bertz CT molecular complexity index is 3430. The van der Waals surface area contributed by atoms with Gasteiger partial charge in [-0.15, -0.1) is 11.3 Å². The van der Waals surface area contributed by atoms with Crippen LogP contribution < -0.4 is 0 Å². The third-order valence-electron chi connectivity index (χ3n) is 10.8. The number of benzene rings is 8. The Morgan fingerprint density at radius 1 is 0.382 bits per heavy atom. The number of hydrogen-bond acceptors (Lipinski definition) is 6. The normalized spacial score (nSPS) is 12.0. The molecule has 0 fully saturated rings. The number of para-hydroxylation sites is 2. The van der Waals surface area contributed by atoms with Crippen molar-refractivity contribution in [2.75, 3.05) is 0 Å². The average Bonchev–Trinajstić information content (AvgIpc) is 3.63. The summed E-state index contributed by atoms with van der Waals surface area (Å²) in [6, 6.07) is 55.5. The first-order valence-electron chi connectivity index (χ1n) is 18.3. The summed E-state index contributed by atoms with van der Waals surface area (Å²) in [5, 5.41) is 10.8. The minimum Gasteiger partial charge on any atom is -0.255 e. The molecule has 0 unspecified atom stereocenters. The molecule has 0 atom stereocenters. The number of thiophene rings is 1. The van der Waals surface area contributed by atoms with Gasteiger partial charge in [-0.1, -0.05) is 121 Å². The molecule has 0 aliphatic heterocycles. The molecule has 4 aromatic heterocycles. The van der Waals surface area contributed by atoms with Gasteiger partial charge in [0.25, 0.3) is 0 Å². The Labute approximate surface area is 318 Å². The summed E-state index contributed by atoms with van der Waals surface area (Å²) in [7, 11) is 0. The van der Waals surface area contributed by atoms with Crippen molar-refractivity contribution >= 4 is 85.8 Å². The first kappa shape index (κ1) is 30.3. The van der Waals surface area contributed by atoms with Crippen LogP contribution in [0, 0.1) is 0 Å². The van der Waals surface area contributed by atoms with Crippen molar-refractivity contribution in [2.45, 2.75) is 0 Å². The van der Waals surface area contributed by atoms with Gasteiger partial charge in [0.2, 0.25) is 0 Å². The van der Waals surface area contributed by atoms with Crippen LogP contribution in [0.2, 0.25) is 0 Å². The second kappa shape index (κ2) is 11.7. The van der Waals surface area contributed by atoms with E-state index in [1.165, 1.54) is 37.0 Å². The molecule has 55 heavy (non-hydrogen) atoms. The Morgan fingerprint density at radius 2 is 0.982 bits per heavy atom. The maximum atomic E-state index is 5.37. The van der Waals surface area contributed by atoms with Crippen LogP contribution in [0.4, 0.5) is 0 Å². The SMILES string of the molecule is c1ccc2ncc(-c3nc(-c4ccc(-c5nc(-c6cc7ccc8cccc9ccc(c6)c7c89)c6sc7ccccc7c6n5)cc4)c4ccccc4n3)cc2c1. The van der Waals surface area contributed by atoms with E-state index in [0.29, 0.717) is 11.6 Å². The molecule has 0 saturated heterocycles. The second-order valence-electron chi connectivity index (χ2n) is 14.1. The Hall–Kier alpha value is -7.15. The number of fused-ring (bicyclic) bond motifs is 5. The molecule has 0 amide bonds. The molecule has 0 saturated carbocycles. The topological polar surface area (TPSA) is 64.5 Å². The van der Waals surface area contributed by atoms with Crippen LogP contribution in [0.1, 0.15) is 0 Å². The van der Waals surface area contributed by atoms with Crippen LogP contribution in [0.3, 0.4) is 0 Å². The first-order valence-corrected chi connectivity index (χ1v) is 19.1. The molecular weight excluding hydrogens is 691 g/mol. The highest BCUT2D eigenvalue weighted by Gasteiger charge is 2.19. The van der Waals surface area contributed by atoms with E-state index >= 15 is 0 Å². The molecule has 0 radical (unpaired) electrons. The monoisotopic (exact) mass is 717 g/mol. The largest absolute Gasteiger partial charge is 0.255 e. The van der Waals surface area contributed by atoms with Gasteiger partial charge in [-0.3, -0.25) is 4.98 Å². The van der Waals surface area contributed by atoms with Crippen molar-refractivity contribution < 1.29 is 0 Å². The number of nitrogens with zero attached hydrogens (tertiary/aromatic N) is 5. The van der Waals surface area contributed by atoms with Gasteiger partial charge in [-0.25, -0.2) is 19.9 Å². The van der Waals surface area contributed by atoms with Crippen LogP contribution in [-0.4, -0.2) is 24.9 Å². The predicted octanol–water partition coefficient (Wildman–Crippen LogP) is 12.9. The Balaban J connectivity index is 1.02. The van der Waals surface area contributed by atoms with E-state index in [-0.39, 0.29) is 0 Å². The minimum absolute atomic E-state index is 0.646. The molecule has 12 rings (SSSR count). The highest BCUT2D eigenvalue weighted by Crippen LogP contribution is 2.43. The van der Waals surface area contributed by atoms with Gasteiger partial charge in [0.1, 0.15) is 0 Å². The lowest BCUT2D eigenvalue weighted by atomic mass is 9.92. The van der Waals surface area contributed by atoms with E-state index < -0.39 is 0 Å². The lowest BCUT2D eigenvalue weighted by molar-refractivity contribution is 1.22. The van der Waals surface area contributed by atoms with Crippen molar-refractivity contribution in [1.29, 1.82) is 0 Å². The zero-order chi connectivity index (χ0) is 36.0. The van der Waals surface area contributed by atoms with Gasteiger partial charge < -0.3 is 0 Å². The van der Waals surface area contributed by atoms with Crippen LogP contribution in [0.15, 0.2) is 164 Å². The van der Waals surface area contributed by atoms with Gasteiger partial charge in [-0.2, -0.15) is 0 Å². The molecule has 0 bridgehead atoms. The van der Waals surface area contributed by atoms with Gasteiger partial charge in [0.05, 0.1) is 32.6 Å². The summed E-state index contributed by atoms with van der Waals surface area (Å²) >= 11 is 1.76. The molecule has 0 aliphatic carbocycles. The molecular formula is C49H27N5S. The fourth-order valence-electron chi connectivity index (χ4n) is 8.20. The molecule has 4 heterocycles. The zero-order valence-corrected chi connectivity index (χ0v) is 30.0. The molecule has 6 heteroatoms. The van der Waals surface area contributed by atoms with Crippen LogP contribution in [0.25, 0.3) is 120 Å². The molecule has 254 valence electrons. The van der Waals surface area contributed by atoms with Crippen LogP contribution >= 0.6 is 11.3 Å². The zero-order valence-electron chi connectivity index (χ0n) is 29.2. The highest BCUT2D eigenvalue weighted by atomic mass is 32.1. The fraction of sp³-hybridized carbons (Fsp3) is 0. The third kappa shape index (κ3) is 4.75. The lowest BCUT2D eigenvalue weighted by Gasteiger charge is -2.13. The van der Waals surface area contributed by atoms with Gasteiger partial charge in [-0.05, 0) is 68.7 Å². The summed E-state index contributed by atoms with van der Waals surface area (Å²) in [4.78, 5) is 25.4. The molecule has 12 aromatic rings. The van der Waals surface area contributed by atoms with Gasteiger partial charge in [0, 0.05) is 49.3 Å². The van der Waals surface area contributed by atoms with Crippen molar-refractivity contribution in [3.05, 3.63) is 164 Å². The van der Waals surface area contributed by atoms with E-state index in [0.717, 1.165) is 71.1 Å². The summed E-state index contributed by atoms with van der Waals surface area (Å²) in [6.45, 7) is 0. The molecule has 0 spiro atoms. The number of aromatic nitrogens is 5. The summed E-state index contributed by atoms with van der Waals surface area (Å²) in [5.41, 5.74) is 8.53. The van der Waals surface area contributed by atoms with Crippen molar-refractivity contribution in [2.24, 2.45) is 0 Å². The predicted molar refractivity (Wildman–Crippen MR) is 229 cm³/mol. The lowest BCUT2D eigenvalue weighted by Crippen LogP contribution is -1.96. The highest BCUT2D eigenvalue weighted by molar-refractivity contribution is 7.26. The quantitative estimate of drug-likeness (QED) is 0.170. The maximum Gasteiger partial charge on any atom is 0.162 e. The third-order valence-corrected chi connectivity index (χ3v) is 12.0. The summed E-state index contributed by atoms with van der Waals surface area (Å²) in [6.07, 6.45) is 1.86. The van der Waals surface area contributed by atoms with Crippen molar-refractivity contribution in [3.63, 3.8) is 0 Å². The van der Waals surface area contributed by atoms with E-state index in [9.17, 15) is 0 Å². The van der Waals surface area contributed by atoms with Crippen LogP contribution in [0.5, 0.6) is 0 Å². The Morgan fingerprint density at radius 3 is 1.80 bits per heavy atom. The molecule has 5 nitrogen and oxygen atoms in total. The number of hydrogen-bond donors (Lipinski definition) is 0. The summed E-state index contributed by atoms with van der Waals surface area (Å²) < 4.78 is 2.30. The molecule has 8 aromatic carbocycles. The standard InChI is InChI=1S/C49H27N5S/c1-4-13-39-32(8-1)24-36(27-50-39)49-51-40-14-5-2-11-37(40)44(52-49)30-18-20-31(21-19-30)48-53-45(47-46(54-48)38-12-3-6-15-41(38)55-47)35-25-33-22-16-28-9-7-10-29-17-23-34(26-35)43(33)42(28)29/h1-27H. The van der Waals surface area contributed by atoms with Gasteiger partial charge in [0.15, 0.2) is 11.6 Å². The summed E-state index contributed by atoms with van der Waals surface area (Å²) in [5.74, 6) is 1.34. The number of rotatable bonds is 4. The van der Waals surface area contributed by atoms with E-state index in [1.807, 2.05) is 42.6 Å². The Kier molecular flexibility index (Phi) is 6.44. The number of pyridine rings is 1. The van der Waals surface area contributed by atoms with Crippen LogP contribution in [-0.2, 0) is 0 Å².